The first-order valence-corrected chi connectivity index (χ1v) is 13.5. The third kappa shape index (κ3) is 4.31. The molecule has 1 aromatic carbocycles. The molecule has 3 heterocycles. The summed E-state index contributed by atoms with van der Waals surface area (Å²) in [5, 5.41) is 7.18. The predicted molar refractivity (Wildman–Crippen MR) is 127 cm³/mol. The summed E-state index contributed by atoms with van der Waals surface area (Å²) in [7, 11) is -3.34. The number of hydrogen-bond acceptors (Lipinski definition) is 6. The van der Waals surface area contributed by atoms with Crippen molar-refractivity contribution in [3.05, 3.63) is 59.2 Å². The minimum Gasteiger partial charge on any atom is -0.347 e. The molecular formula is C24H27N3O3S2. The molecule has 2 aromatic heterocycles. The summed E-state index contributed by atoms with van der Waals surface area (Å²) < 4.78 is 27.4. The van der Waals surface area contributed by atoms with Gasteiger partial charge >= 0.3 is 0 Å². The van der Waals surface area contributed by atoms with Crippen molar-refractivity contribution in [1.29, 1.82) is 0 Å². The van der Waals surface area contributed by atoms with E-state index < -0.39 is 9.84 Å². The van der Waals surface area contributed by atoms with Crippen LogP contribution < -0.4 is 10.6 Å². The van der Waals surface area contributed by atoms with Gasteiger partial charge in [0.2, 0.25) is 0 Å². The van der Waals surface area contributed by atoms with E-state index in [2.05, 4.69) is 15.6 Å². The monoisotopic (exact) mass is 469 g/mol. The van der Waals surface area contributed by atoms with Crippen molar-refractivity contribution in [3.8, 4) is 0 Å². The maximum Gasteiger partial charge on any atom is 0.261 e. The number of nitrogens with zero attached hydrogens (tertiary/aromatic N) is 1. The topological polar surface area (TPSA) is 88.2 Å². The molecule has 1 saturated heterocycles. The molecule has 1 aliphatic heterocycles. The summed E-state index contributed by atoms with van der Waals surface area (Å²) >= 11 is 1.41. The summed E-state index contributed by atoms with van der Waals surface area (Å²) in [5.41, 5.74) is 0.875. The number of fused-ring (bicyclic) bond motifs is 2. The molecule has 0 bridgehead atoms. The molecule has 2 N–H and O–H groups in total. The first-order valence-electron chi connectivity index (χ1n) is 11.2. The molecule has 2 aliphatic rings. The number of sulfone groups is 1. The number of nitrogens with one attached hydrogen (secondary N) is 2. The Bertz CT molecular complexity index is 1190. The van der Waals surface area contributed by atoms with Gasteiger partial charge in [-0.1, -0.05) is 12.1 Å². The molecule has 2 fully saturated rings. The van der Waals surface area contributed by atoms with E-state index in [1.54, 1.807) is 36.7 Å². The van der Waals surface area contributed by atoms with Crippen LogP contribution in [0.3, 0.4) is 0 Å². The van der Waals surface area contributed by atoms with Gasteiger partial charge in [0.05, 0.1) is 19.7 Å². The first-order chi connectivity index (χ1) is 15.5. The van der Waals surface area contributed by atoms with Gasteiger partial charge in [-0.05, 0) is 79.8 Å². The van der Waals surface area contributed by atoms with Gasteiger partial charge in [-0.2, -0.15) is 0 Å². The largest absolute Gasteiger partial charge is 0.347 e. The van der Waals surface area contributed by atoms with Crippen molar-refractivity contribution in [2.24, 2.45) is 5.92 Å². The van der Waals surface area contributed by atoms with Crippen molar-refractivity contribution in [1.82, 2.24) is 15.6 Å². The van der Waals surface area contributed by atoms with Crippen LogP contribution in [0.2, 0.25) is 0 Å². The second kappa shape index (κ2) is 8.92. The summed E-state index contributed by atoms with van der Waals surface area (Å²) in [6.07, 6.45) is 8.14. The van der Waals surface area contributed by atoms with Crippen LogP contribution in [0, 0.1) is 5.92 Å². The fraction of sp³-hybridized carbons (Fsp3) is 0.417. The third-order valence-electron chi connectivity index (χ3n) is 6.78. The lowest BCUT2D eigenvalue weighted by Crippen LogP contribution is -2.47. The minimum atomic E-state index is -3.34. The van der Waals surface area contributed by atoms with Crippen molar-refractivity contribution in [3.63, 3.8) is 0 Å². The van der Waals surface area contributed by atoms with Gasteiger partial charge in [-0.15, -0.1) is 11.3 Å². The number of carbonyl (C=O) groups excluding carboxylic acids is 1. The minimum absolute atomic E-state index is 0.138. The average molecular weight is 470 g/mol. The molecule has 1 aliphatic carbocycles. The number of rotatable bonds is 5. The molecule has 0 radical (unpaired) electrons. The Morgan fingerprint density at radius 3 is 2.81 bits per heavy atom. The van der Waals surface area contributed by atoms with Crippen molar-refractivity contribution >= 4 is 37.2 Å². The van der Waals surface area contributed by atoms with Crippen LogP contribution in [0.25, 0.3) is 10.1 Å². The molecule has 32 heavy (non-hydrogen) atoms. The van der Waals surface area contributed by atoms with E-state index in [9.17, 15) is 13.2 Å². The Balaban J connectivity index is 1.22. The van der Waals surface area contributed by atoms with Crippen LogP contribution >= 0.6 is 11.3 Å². The number of piperidine rings is 1. The molecule has 8 heteroatoms. The quantitative estimate of drug-likeness (QED) is 0.591. The molecule has 3 atom stereocenters. The second-order valence-corrected chi connectivity index (χ2v) is 12.1. The zero-order valence-corrected chi connectivity index (χ0v) is 19.4. The van der Waals surface area contributed by atoms with Crippen LogP contribution in [0.5, 0.6) is 0 Å². The van der Waals surface area contributed by atoms with Gasteiger partial charge in [0, 0.05) is 25.0 Å². The highest BCUT2D eigenvalue weighted by atomic mass is 32.2. The zero-order valence-electron chi connectivity index (χ0n) is 17.8. The van der Waals surface area contributed by atoms with Gasteiger partial charge in [-0.3, -0.25) is 9.78 Å². The summed E-state index contributed by atoms with van der Waals surface area (Å²) in [6.45, 7) is 1.40. The molecule has 1 saturated carbocycles. The number of aromatic nitrogens is 1. The third-order valence-corrected chi connectivity index (χ3v) is 10.1. The summed E-state index contributed by atoms with van der Waals surface area (Å²) in [6, 6.07) is 11.2. The van der Waals surface area contributed by atoms with Crippen LogP contribution in [-0.4, -0.2) is 37.1 Å². The van der Waals surface area contributed by atoms with E-state index in [4.69, 9.17) is 0 Å². The Morgan fingerprint density at radius 2 is 2.00 bits per heavy atom. The van der Waals surface area contributed by atoms with Gasteiger partial charge in [0.25, 0.3) is 5.91 Å². The van der Waals surface area contributed by atoms with Crippen LogP contribution in [0.1, 0.15) is 47.3 Å². The fourth-order valence-corrected chi connectivity index (χ4v) is 7.79. The number of carbonyl (C=O) groups is 1. The lowest BCUT2D eigenvalue weighted by molar-refractivity contribution is 0.0955. The maximum atomic E-state index is 13.2. The van der Waals surface area contributed by atoms with E-state index in [1.807, 2.05) is 12.1 Å². The lowest BCUT2D eigenvalue weighted by atomic mass is 9.79. The Hall–Kier alpha value is -2.29. The van der Waals surface area contributed by atoms with E-state index in [-0.39, 0.29) is 11.2 Å². The Morgan fingerprint density at radius 1 is 1.16 bits per heavy atom. The Labute approximate surface area is 192 Å². The van der Waals surface area contributed by atoms with E-state index >= 15 is 0 Å². The maximum absolute atomic E-state index is 13.2. The van der Waals surface area contributed by atoms with E-state index in [0.29, 0.717) is 28.3 Å². The molecule has 1 amide bonds. The van der Waals surface area contributed by atoms with E-state index in [0.717, 1.165) is 54.3 Å². The summed E-state index contributed by atoms with van der Waals surface area (Å²) in [4.78, 5) is 17.6. The number of benzene rings is 1. The lowest BCUT2D eigenvalue weighted by Gasteiger charge is -2.39. The van der Waals surface area contributed by atoms with Gasteiger partial charge in [0.15, 0.2) is 9.84 Å². The molecule has 6 nitrogen and oxygen atoms in total. The molecule has 168 valence electrons. The van der Waals surface area contributed by atoms with Gasteiger partial charge < -0.3 is 10.6 Å². The highest BCUT2D eigenvalue weighted by Crippen LogP contribution is 2.36. The number of hydrogen-bond donors (Lipinski definition) is 2. The number of amides is 1. The molecular weight excluding hydrogens is 442 g/mol. The van der Waals surface area contributed by atoms with Gasteiger partial charge in [0.1, 0.15) is 0 Å². The average Bonchev–Trinajstić information content (AvgIpc) is 3.27. The SMILES string of the molecule is O=C(NCc1ccc(S(=O)(=O)C2CCC3NCCCC3C2)cc1)c1cc2ccncc2s1. The van der Waals surface area contributed by atoms with Crippen molar-refractivity contribution in [2.75, 3.05) is 6.54 Å². The van der Waals surface area contributed by atoms with Crippen molar-refractivity contribution in [2.45, 2.75) is 54.8 Å². The zero-order chi connectivity index (χ0) is 22.1. The normalized spacial score (nSPS) is 23.6. The summed E-state index contributed by atoms with van der Waals surface area (Å²) in [5.74, 6) is 0.331. The fourth-order valence-electron chi connectivity index (χ4n) is 5.00. The first kappa shape index (κ1) is 21.6. The molecule has 0 spiro atoms. The van der Waals surface area contributed by atoms with Gasteiger partial charge in [-0.25, -0.2) is 8.42 Å². The molecule has 5 rings (SSSR count). The van der Waals surface area contributed by atoms with E-state index in [1.165, 1.54) is 11.3 Å². The van der Waals surface area contributed by atoms with Crippen LogP contribution in [-0.2, 0) is 16.4 Å². The highest BCUT2D eigenvalue weighted by Gasteiger charge is 2.38. The smallest absolute Gasteiger partial charge is 0.261 e. The van der Waals surface area contributed by atoms with Crippen molar-refractivity contribution < 1.29 is 13.2 Å². The molecule has 3 aromatic rings. The van der Waals surface area contributed by atoms with Crippen LogP contribution in [0.15, 0.2) is 53.7 Å². The Kier molecular flexibility index (Phi) is 6.01. The van der Waals surface area contributed by atoms with Crippen LogP contribution in [0.4, 0.5) is 0 Å². The highest BCUT2D eigenvalue weighted by molar-refractivity contribution is 7.92. The predicted octanol–water partition coefficient (Wildman–Crippen LogP) is 3.92. The number of pyridine rings is 1. The molecule has 3 unspecified atom stereocenters. The standard InChI is InChI=1S/C24H27N3O3S2/c28-24(22-13-18-9-11-25-15-23(18)31-22)27-14-16-3-5-19(6-4-16)32(29,30)20-7-8-21-17(12-20)2-1-10-26-21/h3-6,9,11,13,15,17,20-21,26H,1-2,7-8,10,12,14H2,(H,27,28). The number of thiophene rings is 1. The second-order valence-electron chi connectivity index (χ2n) is 8.79.